The molecule has 0 aromatic rings. The summed E-state index contributed by atoms with van der Waals surface area (Å²) in [5, 5.41) is 0. The second-order valence-corrected chi connectivity index (χ2v) is 10.5. The van der Waals surface area contributed by atoms with Crippen molar-refractivity contribution in [3.63, 3.8) is 0 Å². The van der Waals surface area contributed by atoms with E-state index in [1.54, 1.807) is 0 Å². The SMILES string of the molecule is C=C1CCCCCCCC/C=C\1O[Si](C)(C)C. The molecule has 0 bridgehead atoms. The highest BCUT2D eigenvalue weighted by atomic mass is 28.4. The smallest absolute Gasteiger partial charge is 0.242 e. The Bertz CT molecular complexity index is 273. The van der Waals surface area contributed by atoms with Gasteiger partial charge in [0.1, 0.15) is 5.76 Å². The van der Waals surface area contributed by atoms with Gasteiger partial charge in [-0.05, 0) is 57.0 Å². The highest BCUT2D eigenvalue weighted by molar-refractivity contribution is 6.70. The van der Waals surface area contributed by atoms with Crippen LogP contribution in [0.2, 0.25) is 19.6 Å². The summed E-state index contributed by atoms with van der Waals surface area (Å²) in [4.78, 5) is 0. The zero-order chi connectivity index (χ0) is 12.7. The Hall–Kier alpha value is -0.503. The van der Waals surface area contributed by atoms with Gasteiger partial charge < -0.3 is 4.43 Å². The van der Waals surface area contributed by atoms with Crippen molar-refractivity contribution in [1.29, 1.82) is 0 Å². The fraction of sp³-hybridized carbons (Fsp3) is 0.733. The van der Waals surface area contributed by atoms with E-state index in [9.17, 15) is 0 Å². The van der Waals surface area contributed by atoms with Crippen LogP contribution < -0.4 is 0 Å². The van der Waals surface area contributed by atoms with Gasteiger partial charge in [0.05, 0.1) is 0 Å². The Morgan fingerprint density at radius 3 is 2.24 bits per heavy atom. The summed E-state index contributed by atoms with van der Waals surface area (Å²) in [6.45, 7) is 10.9. The molecular formula is C15H28OSi. The van der Waals surface area contributed by atoms with Gasteiger partial charge in [-0.3, -0.25) is 0 Å². The first kappa shape index (κ1) is 14.6. The van der Waals surface area contributed by atoms with Crippen molar-refractivity contribution in [2.75, 3.05) is 0 Å². The Labute approximate surface area is 108 Å². The Morgan fingerprint density at radius 2 is 1.59 bits per heavy atom. The third-order valence-corrected chi connectivity index (χ3v) is 3.86. The number of allylic oxidation sites excluding steroid dienone is 2. The van der Waals surface area contributed by atoms with Crippen LogP contribution in [-0.4, -0.2) is 8.32 Å². The van der Waals surface area contributed by atoms with Crippen LogP contribution in [0.25, 0.3) is 0 Å². The lowest BCUT2D eigenvalue weighted by Crippen LogP contribution is -2.25. The first-order valence-corrected chi connectivity index (χ1v) is 10.5. The molecule has 0 heterocycles. The van der Waals surface area contributed by atoms with Crippen LogP contribution in [-0.2, 0) is 4.43 Å². The first-order chi connectivity index (χ1) is 7.99. The minimum atomic E-state index is -1.50. The van der Waals surface area contributed by atoms with Crippen LogP contribution >= 0.6 is 0 Å². The van der Waals surface area contributed by atoms with E-state index in [-0.39, 0.29) is 0 Å². The lowest BCUT2D eigenvalue weighted by atomic mass is 10.1. The highest BCUT2D eigenvalue weighted by Crippen LogP contribution is 2.24. The van der Waals surface area contributed by atoms with Gasteiger partial charge >= 0.3 is 0 Å². The molecule has 98 valence electrons. The molecule has 0 aromatic carbocycles. The summed E-state index contributed by atoms with van der Waals surface area (Å²) in [7, 11) is -1.50. The third-order valence-electron chi connectivity index (χ3n) is 3.03. The molecule has 1 aliphatic rings. The molecule has 0 saturated carbocycles. The van der Waals surface area contributed by atoms with Crippen LogP contribution in [0.5, 0.6) is 0 Å². The second kappa shape index (κ2) is 7.05. The van der Waals surface area contributed by atoms with E-state index >= 15 is 0 Å². The zero-order valence-corrected chi connectivity index (χ0v) is 12.8. The zero-order valence-electron chi connectivity index (χ0n) is 11.8. The number of hydrogen-bond acceptors (Lipinski definition) is 1. The third kappa shape index (κ3) is 6.72. The fourth-order valence-corrected chi connectivity index (χ4v) is 3.02. The predicted octanol–water partition coefficient (Wildman–Crippen LogP) is 5.41. The summed E-state index contributed by atoms with van der Waals surface area (Å²) < 4.78 is 6.16. The molecule has 0 unspecified atom stereocenters. The average molecular weight is 252 g/mol. The molecule has 0 spiro atoms. The maximum absolute atomic E-state index is 6.16. The molecule has 17 heavy (non-hydrogen) atoms. The molecule has 0 aromatic heterocycles. The maximum atomic E-state index is 6.16. The summed E-state index contributed by atoms with van der Waals surface area (Å²) in [6.07, 6.45) is 12.6. The molecule has 0 atom stereocenters. The van der Waals surface area contributed by atoms with Crippen molar-refractivity contribution >= 4 is 8.32 Å². The largest absolute Gasteiger partial charge is 0.544 e. The highest BCUT2D eigenvalue weighted by Gasteiger charge is 2.18. The van der Waals surface area contributed by atoms with Gasteiger partial charge in [-0.15, -0.1) is 0 Å². The van der Waals surface area contributed by atoms with Crippen LogP contribution in [0.15, 0.2) is 24.0 Å². The lowest BCUT2D eigenvalue weighted by Gasteiger charge is -2.23. The Morgan fingerprint density at radius 1 is 1.00 bits per heavy atom. The van der Waals surface area contributed by atoms with Crippen molar-refractivity contribution in [3.8, 4) is 0 Å². The van der Waals surface area contributed by atoms with Crippen molar-refractivity contribution in [2.45, 2.75) is 71.0 Å². The first-order valence-electron chi connectivity index (χ1n) is 7.06. The van der Waals surface area contributed by atoms with E-state index in [1.165, 1.54) is 44.1 Å². The Kier molecular flexibility index (Phi) is 6.04. The quantitative estimate of drug-likeness (QED) is 0.597. The average Bonchev–Trinajstić information content (AvgIpc) is 2.25. The van der Waals surface area contributed by atoms with Gasteiger partial charge in [0.2, 0.25) is 8.32 Å². The van der Waals surface area contributed by atoms with Crippen LogP contribution in [0, 0.1) is 0 Å². The molecule has 0 saturated heterocycles. The van der Waals surface area contributed by atoms with Crippen LogP contribution in [0.1, 0.15) is 51.4 Å². The number of rotatable bonds is 2. The van der Waals surface area contributed by atoms with E-state index < -0.39 is 8.32 Å². The minimum Gasteiger partial charge on any atom is -0.544 e. The molecule has 2 heteroatoms. The van der Waals surface area contributed by atoms with Gasteiger partial charge in [-0.2, -0.15) is 0 Å². The van der Waals surface area contributed by atoms with Crippen molar-refractivity contribution in [1.82, 2.24) is 0 Å². The molecule has 1 aliphatic carbocycles. The van der Waals surface area contributed by atoms with Gasteiger partial charge in [0, 0.05) is 0 Å². The summed E-state index contributed by atoms with van der Waals surface area (Å²) in [5.74, 6) is 1.10. The minimum absolute atomic E-state index is 1.10. The van der Waals surface area contributed by atoms with Gasteiger partial charge in [0.25, 0.3) is 0 Å². The van der Waals surface area contributed by atoms with Gasteiger partial charge in [-0.1, -0.05) is 32.3 Å². The molecule has 0 radical (unpaired) electrons. The normalized spacial score (nSPS) is 23.5. The van der Waals surface area contributed by atoms with Crippen LogP contribution in [0.4, 0.5) is 0 Å². The topological polar surface area (TPSA) is 9.23 Å². The molecule has 0 N–H and O–H groups in total. The van der Waals surface area contributed by atoms with E-state index in [1.807, 2.05) is 0 Å². The molecular weight excluding hydrogens is 224 g/mol. The van der Waals surface area contributed by atoms with E-state index in [0.717, 1.165) is 18.6 Å². The van der Waals surface area contributed by atoms with Crippen molar-refractivity contribution in [3.05, 3.63) is 24.0 Å². The monoisotopic (exact) mass is 252 g/mol. The van der Waals surface area contributed by atoms with E-state index in [2.05, 4.69) is 32.3 Å². The molecule has 0 fully saturated rings. The summed E-state index contributed by atoms with van der Waals surface area (Å²) >= 11 is 0. The van der Waals surface area contributed by atoms with Gasteiger partial charge in [-0.25, -0.2) is 0 Å². The maximum Gasteiger partial charge on any atom is 0.242 e. The van der Waals surface area contributed by atoms with E-state index in [4.69, 9.17) is 4.43 Å². The predicted molar refractivity (Wildman–Crippen MR) is 78.6 cm³/mol. The fourth-order valence-electron chi connectivity index (χ4n) is 2.13. The second-order valence-electron chi connectivity index (χ2n) is 6.05. The summed E-state index contributed by atoms with van der Waals surface area (Å²) in [5.41, 5.74) is 1.22. The number of hydrogen-bond donors (Lipinski definition) is 0. The van der Waals surface area contributed by atoms with E-state index in [0.29, 0.717) is 0 Å². The van der Waals surface area contributed by atoms with Crippen molar-refractivity contribution in [2.24, 2.45) is 0 Å². The lowest BCUT2D eigenvalue weighted by molar-refractivity contribution is 0.425. The molecule has 1 nitrogen and oxygen atoms in total. The van der Waals surface area contributed by atoms with Crippen LogP contribution in [0.3, 0.4) is 0 Å². The van der Waals surface area contributed by atoms with Gasteiger partial charge in [0.15, 0.2) is 0 Å². The summed E-state index contributed by atoms with van der Waals surface area (Å²) in [6, 6.07) is 0. The molecule has 0 amide bonds. The molecule has 0 aliphatic heterocycles. The Balaban J connectivity index is 2.64. The van der Waals surface area contributed by atoms with Crippen molar-refractivity contribution < 1.29 is 4.43 Å². The standard InChI is InChI=1S/C15H28OSi/c1-14-12-10-8-6-5-7-9-11-13-15(14)16-17(2,3)4/h13H,1,5-12H2,2-4H3/b15-13+. The molecule has 1 rings (SSSR count).